The maximum atomic E-state index is 12.2. The highest BCUT2D eigenvalue weighted by atomic mass is 32.2. The molecule has 0 radical (unpaired) electrons. The number of rotatable bonds is 4. The Kier molecular flexibility index (Phi) is 5.32. The van der Waals surface area contributed by atoms with Crippen molar-refractivity contribution in [1.29, 1.82) is 0 Å². The van der Waals surface area contributed by atoms with E-state index in [1.807, 2.05) is 0 Å². The highest BCUT2D eigenvalue weighted by Crippen LogP contribution is 2.30. The summed E-state index contributed by atoms with van der Waals surface area (Å²) in [5.41, 5.74) is -0.771. The lowest BCUT2D eigenvalue weighted by molar-refractivity contribution is -0.153. The number of amides is 1. The summed E-state index contributed by atoms with van der Waals surface area (Å²) >= 11 is 1.73. The van der Waals surface area contributed by atoms with Crippen LogP contribution < -0.4 is 5.32 Å². The van der Waals surface area contributed by atoms with Crippen LogP contribution in [0.25, 0.3) is 0 Å². The zero-order valence-electron chi connectivity index (χ0n) is 12.1. The van der Waals surface area contributed by atoms with Gasteiger partial charge in [0.05, 0.1) is 11.2 Å². The summed E-state index contributed by atoms with van der Waals surface area (Å²) < 4.78 is 0. The number of likely N-dealkylation sites (tertiary alicyclic amines) is 1. The lowest BCUT2D eigenvalue weighted by Gasteiger charge is -2.37. The fraction of sp³-hybridized carbons (Fsp3) is 0.857. The molecule has 2 rings (SSSR count). The van der Waals surface area contributed by atoms with Gasteiger partial charge in [-0.1, -0.05) is 0 Å². The number of carboxylic acids is 1. The molecule has 2 N–H and O–H groups in total. The molecule has 2 saturated heterocycles. The molecule has 2 aliphatic rings. The van der Waals surface area contributed by atoms with Crippen molar-refractivity contribution in [2.45, 2.75) is 37.9 Å². The van der Waals surface area contributed by atoms with Crippen molar-refractivity contribution in [3.05, 3.63) is 0 Å². The zero-order valence-corrected chi connectivity index (χ0v) is 12.9. The Morgan fingerprint density at radius 1 is 1.40 bits per heavy atom. The van der Waals surface area contributed by atoms with Gasteiger partial charge in [0.15, 0.2) is 0 Å². The van der Waals surface area contributed by atoms with Crippen LogP contribution in [0.15, 0.2) is 0 Å². The van der Waals surface area contributed by atoms with Gasteiger partial charge in [0.2, 0.25) is 5.91 Å². The van der Waals surface area contributed by atoms with E-state index in [-0.39, 0.29) is 5.91 Å². The number of carboxylic acid groups (broad SMARTS) is 1. The Balaban J connectivity index is 1.81. The molecule has 0 bridgehead atoms. The Morgan fingerprint density at radius 3 is 2.75 bits per heavy atom. The first kappa shape index (κ1) is 15.6. The van der Waals surface area contributed by atoms with Gasteiger partial charge < -0.3 is 15.3 Å². The number of carbonyl (C=O) groups is 2. The molecule has 0 saturated carbocycles. The molecule has 2 aliphatic heterocycles. The highest BCUT2D eigenvalue weighted by molar-refractivity contribution is 8.00. The predicted molar refractivity (Wildman–Crippen MR) is 79.9 cm³/mol. The first-order valence-corrected chi connectivity index (χ1v) is 8.40. The Bertz CT molecular complexity index is 371. The fourth-order valence-corrected chi connectivity index (χ4v) is 4.00. The molecule has 0 aromatic carbocycles. The second-order valence-electron chi connectivity index (χ2n) is 6.05. The molecule has 1 atom stereocenters. The normalized spacial score (nSPS) is 28.4. The van der Waals surface area contributed by atoms with Crippen LogP contribution in [0, 0.1) is 5.41 Å². The quantitative estimate of drug-likeness (QED) is 0.816. The second kappa shape index (κ2) is 6.80. The van der Waals surface area contributed by atoms with E-state index < -0.39 is 11.4 Å². The molecular formula is C14H24N2O3S. The lowest BCUT2D eigenvalue weighted by atomic mass is 9.82. The van der Waals surface area contributed by atoms with Crippen LogP contribution in [0.2, 0.25) is 0 Å². The first-order chi connectivity index (χ1) is 9.51. The minimum absolute atomic E-state index is 0.0979. The van der Waals surface area contributed by atoms with Crippen LogP contribution in [0.3, 0.4) is 0 Å². The van der Waals surface area contributed by atoms with Gasteiger partial charge in [-0.15, -0.1) is 11.8 Å². The maximum Gasteiger partial charge on any atom is 0.311 e. The van der Waals surface area contributed by atoms with Crippen LogP contribution >= 0.6 is 11.8 Å². The summed E-state index contributed by atoms with van der Waals surface area (Å²) in [6, 6.07) is 0. The zero-order chi connectivity index (χ0) is 14.6. The molecule has 2 fully saturated rings. The fourth-order valence-electron chi connectivity index (χ4n) is 2.87. The van der Waals surface area contributed by atoms with E-state index in [4.69, 9.17) is 0 Å². The van der Waals surface area contributed by atoms with E-state index >= 15 is 0 Å². The predicted octanol–water partition coefficient (Wildman–Crippen LogP) is 1.18. The molecule has 114 valence electrons. The van der Waals surface area contributed by atoms with Gasteiger partial charge in [0.1, 0.15) is 0 Å². The maximum absolute atomic E-state index is 12.2. The van der Waals surface area contributed by atoms with Gasteiger partial charge >= 0.3 is 5.97 Å². The van der Waals surface area contributed by atoms with E-state index in [2.05, 4.69) is 5.32 Å². The molecule has 2 heterocycles. The van der Waals surface area contributed by atoms with Gasteiger partial charge in [-0.3, -0.25) is 9.59 Å². The van der Waals surface area contributed by atoms with Gasteiger partial charge in [0, 0.05) is 18.3 Å². The van der Waals surface area contributed by atoms with Crippen LogP contribution in [-0.2, 0) is 9.59 Å². The molecule has 6 heteroatoms. The van der Waals surface area contributed by atoms with Crippen molar-refractivity contribution in [3.63, 3.8) is 0 Å². The molecule has 0 aromatic heterocycles. The number of hydrogen-bond donors (Lipinski definition) is 2. The molecule has 1 amide bonds. The second-order valence-corrected chi connectivity index (χ2v) is 7.33. The first-order valence-electron chi connectivity index (χ1n) is 7.35. The Hall–Kier alpha value is -0.750. The SMILES string of the molecule is CC1(C(=O)O)CCCN(C(=O)CSC2CCNCC2)C1. The Labute approximate surface area is 124 Å². The van der Waals surface area contributed by atoms with E-state index in [1.165, 1.54) is 0 Å². The topological polar surface area (TPSA) is 69.6 Å². The van der Waals surface area contributed by atoms with Crippen molar-refractivity contribution in [3.8, 4) is 0 Å². The smallest absolute Gasteiger partial charge is 0.311 e. The Morgan fingerprint density at radius 2 is 2.10 bits per heavy atom. The monoisotopic (exact) mass is 300 g/mol. The summed E-state index contributed by atoms with van der Waals surface area (Å²) in [7, 11) is 0. The lowest BCUT2D eigenvalue weighted by Crippen LogP contribution is -2.49. The largest absolute Gasteiger partial charge is 0.481 e. The highest BCUT2D eigenvalue weighted by Gasteiger charge is 2.39. The van der Waals surface area contributed by atoms with Crippen LogP contribution in [0.4, 0.5) is 0 Å². The number of nitrogens with one attached hydrogen (secondary N) is 1. The van der Waals surface area contributed by atoms with Crippen LogP contribution in [-0.4, -0.2) is 59.1 Å². The molecule has 20 heavy (non-hydrogen) atoms. The molecule has 0 aromatic rings. The minimum atomic E-state index is -0.791. The van der Waals surface area contributed by atoms with Crippen LogP contribution in [0.1, 0.15) is 32.6 Å². The molecule has 0 spiro atoms. The molecular weight excluding hydrogens is 276 g/mol. The summed E-state index contributed by atoms with van der Waals surface area (Å²) in [6.07, 6.45) is 3.68. The van der Waals surface area contributed by atoms with Gasteiger partial charge in [-0.05, 0) is 45.7 Å². The van der Waals surface area contributed by atoms with Crippen molar-refractivity contribution in [2.75, 3.05) is 31.9 Å². The molecule has 5 nitrogen and oxygen atoms in total. The number of carbonyl (C=O) groups excluding carboxylic acids is 1. The van der Waals surface area contributed by atoms with E-state index in [1.54, 1.807) is 23.6 Å². The van der Waals surface area contributed by atoms with Crippen molar-refractivity contribution in [2.24, 2.45) is 5.41 Å². The standard InChI is InChI=1S/C14H24N2O3S/c1-14(13(18)19)5-2-8-16(10-14)12(17)9-20-11-3-6-15-7-4-11/h11,15H,2-10H2,1H3,(H,18,19). The summed E-state index contributed by atoms with van der Waals surface area (Å²) in [6.45, 7) is 4.87. The number of piperidine rings is 2. The van der Waals surface area contributed by atoms with Crippen molar-refractivity contribution in [1.82, 2.24) is 10.2 Å². The number of nitrogens with zero attached hydrogens (tertiary/aromatic N) is 1. The third-order valence-corrected chi connectivity index (χ3v) is 5.65. The average molecular weight is 300 g/mol. The van der Waals surface area contributed by atoms with Gasteiger partial charge in [-0.2, -0.15) is 0 Å². The van der Waals surface area contributed by atoms with E-state index in [0.29, 0.717) is 30.5 Å². The van der Waals surface area contributed by atoms with Gasteiger partial charge in [-0.25, -0.2) is 0 Å². The number of thioether (sulfide) groups is 1. The third kappa shape index (κ3) is 3.88. The van der Waals surface area contributed by atoms with Crippen molar-refractivity contribution >= 4 is 23.6 Å². The molecule has 0 aliphatic carbocycles. The summed E-state index contributed by atoms with van der Waals surface area (Å²) in [4.78, 5) is 25.3. The third-order valence-electron chi connectivity index (χ3n) is 4.29. The van der Waals surface area contributed by atoms with E-state index in [0.717, 1.165) is 32.4 Å². The van der Waals surface area contributed by atoms with Gasteiger partial charge in [0.25, 0.3) is 0 Å². The average Bonchev–Trinajstić information content (AvgIpc) is 2.46. The number of hydrogen-bond acceptors (Lipinski definition) is 4. The van der Waals surface area contributed by atoms with E-state index in [9.17, 15) is 14.7 Å². The van der Waals surface area contributed by atoms with Crippen LogP contribution in [0.5, 0.6) is 0 Å². The number of aliphatic carboxylic acids is 1. The summed E-state index contributed by atoms with van der Waals surface area (Å²) in [5.74, 6) is -0.206. The van der Waals surface area contributed by atoms with Crippen molar-refractivity contribution < 1.29 is 14.7 Å². The molecule has 1 unspecified atom stereocenters. The summed E-state index contributed by atoms with van der Waals surface area (Å²) in [5, 5.41) is 13.2. The minimum Gasteiger partial charge on any atom is -0.481 e.